The molecule has 150 valence electrons. The predicted octanol–water partition coefficient (Wildman–Crippen LogP) is 7.50. The van der Waals surface area contributed by atoms with Crippen LogP contribution in [-0.4, -0.2) is 6.61 Å². The van der Waals surface area contributed by atoms with Crippen LogP contribution >= 0.6 is 0 Å². The molecule has 0 saturated heterocycles. The number of aryl methyl sites for hydroxylation is 2. The number of rotatable bonds is 12. The Kier molecular flexibility index (Phi) is 9.94. The van der Waals surface area contributed by atoms with Gasteiger partial charge in [-0.2, -0.15) is 4.39 Å². The summed E-state index contributed by atoms with van der Waals surface area (Å²) in [6.45, 7) is 18.7. The zero-order valence-corrected chi connectivity index (χ0v) is 17.0. The second kappa shape index (κ2) is 11.9. The smallest absolute Gasteiger partial charge is 0.200 e. The summed E-state index contributed by atoms with van der Waals surface area (Å²) in [5.74, 6) is -2.63. The summed E-state index contributed by atoms with van der Waals surface area (Å²) in [5.41, 5.74) is 3.57. The van der Waals surface area contributed by atoms with E-state index in [2.05, 4.69) is 57.5 Å². The topological polar surface area (TPSA) is 9.23 Å². The number of ether oxygens (including phenoxy) is 1. The lowest BCUT2D eigenvalue weighted by Gasteiger charge is -2.08. The van der Waals surface area contributed by atoms with E-state index in [0.29, 0.717) is 0 Å². The van der Waals surface area contributed by atoms with Crippen LogP contribution in [-0.2, 0) is 17.6 Å². The van der Waals surface area contributed by atoms with Gasteiger partial charge in [-0.25, -0.2) is 4.39 Å². The highest BCUT2D eigenvalue weighted by Gasteiger charge is 2.15. The molecule has 0 aliphatic rings. The molecule has 3 heteroatoms. The van der Waals surface area contributed by atoms with E-state index in [9.17, 15) is 8.78 Å². The summed E-state index contributed by atoms with van der Waals surface area (Å²) < 4.78 is 32.9. The third-order valence-corrected chi connectivity index (χ3v) is 4.23. The van der Waals surface area contributed by atoms with Gasteiger partial charge in [-0.05, 0) is 42.9 Å². The van der Waals surface area contributed by atoms with Crippen LogP contribution in [0.2, 0.25) is 0 Å². The van der Waals surface area contributed by atoms with Crippen molar-refractivity contribution < 1.29 is 13.5 Å². The van der Waals surface area contributed by atoms with Gasteiger partial charge in [0.15, 0.2) is 11.6 Å². The van der Waals surface area contributed by atoms with Crippen molar-refractivity contribution in [2.75, 3.05) is 6.61 Å². The highest BCUT2D eigenvalue weighted by atomic mass is 19.2. The molecule has 1 rings (SSSR count). The van der Waals surface area contributed by atoms with Gasteiger partial charge < -0.3 is 4.74 Å². The third-order valence-electron chi connectivity index (χ3n) is 4.23. The molecule has 0 aromatic heterocycles. The second-order valence-electron chi connectivity index (χ2n) is 6.55. The Bertz CT molecular complexity index is 779. The number of halogens is 2. The number of allylic oxidation sites excluding steroid dienone is 7. The quantitative estimate of drug-likeness (QED) is 0.268. The summed E-state index contributed by atoms with van der Waals surface area (Å²) in [5, 5.41) is 0. The Hall–Kier alpha value is -2.68. The molecule has 1 nitrogen and oxygen atoms in total. The van der Waals surface area contributed by atoms with E-state index in [-0.39, 0.29) is 23.5 Å². The molecule has 0 bridgehead atoms. The average molecular weight is 385 g/mol. The van der Waals surface area contributed by atoms with Crippen molar-refractivity contribution in [1.82, 2.24) is 0 Å². The fraction of sp³-hybridized carbons (Fsp3) is 0.280. The lowest BCUT2D eigenvalue weighted by Crippen LogP contribution is -1.95. The van der Waals surface area contributed by atoms with E-state index in [0.717, 1.165) is 31.3 Å². The highest BCUT2D eigenvalue weighted by Crippen LogP contribution is 2.27. The Morgan fingerprint density at radius 2 is 1.46 bits per heavy atom. The van der Waals surface area contributed by atoms with Gasteiger partial charge in [-0.15, -0.1) is 0 Å². The summed E-state index contributed by atoms with van der Waals surface area (Å²) in [6, 6.07) is 8.58. The first-order valence-electron chi connectivity index (χ1n) is 9.49. The Morgan fingerprint density at radius 1 is 0.893 bits per heavy atom. The fourth-order valence-electron chi connectivity index (χ4n) is 2.50. The monoisotopic (exact) mass is 384 g/mol. The zero-order chi connectivity index (χ0) is 21.1. The van der Waals surface area contributed by atoms with Crippen LogP contribution in [0.1, 0.15) is 37.8 Å². The number of benzene rings is 1. The van der Waals surface area contributed by atoms with Gasteiger partial charge >= 0.3 is 0 Å². The molecule has 0 fully saturated rings. The van der Waals surface area contributed by atoms with Crippen molar-refractivity contribution in [1.29, 1.82) is 0 Å². The van der Waals surface area contributed by atoms with Gasteiger partial charge in [0.25, 0.3) is 0 Å². The third kappa shape index (κ3) is 7.51. The largest absolute Gasteiger partial charge is 0.491 e. The van der Waals surface area contributed by atoms with Gasteiger partial charge in [0.05, 0.1) is 6.61 Å². The molecule has 0 unspecified atom stereocenters. The van der Waals surface area contributed by atoms with Crippen LogP contribution in [0.15, 0.2) is 96.9 Å². The van der Waals surface area contributed by atoms with Crippen molar-refractivity contribution in [3.05, 3.63) is 108 Å². The van der Waals surface area contributed by atoms with Crippen LogP contribution in [0.25, 0.3) is 0 Å². The maximum Gasteiger partial charge on any atom is 0.200 e. The van der Waals surface area contributed by atoms with Crippen molar-refractivity contribution in [2.45, 2.75) is 39.5 Å². The van der Waals surface area contributed by atoms with Crippen LogP contribution < -0.4 is 0 Å². The zero-order valence-electron chi connectivity index (χ0n) is 17.0. The van der Waals surface area contributed by atoms with Crippen molar-refractivity contribution in [3.8, 4) is 0 Å². The molecule has 0 radical (unpaired) electrons. The molecule has 28 heavy (non-hydrogen) atoms. The Labute approximate surface area is 168 Å². The Balaban J connectivity index is 2.60. The first-order valence-corrected chi connectivity index (χ1v) is 9.49. The highest BCUT2D eigenvalue weighted by molar-refractivity contribution is 5.49. The molecular weight excluding hydrogens is 354 g/mol. The first-order chi connectivity index (χ1) is 13.3. The number of hydrogen-bond donors (Lipinski definition) is 0. The first kappa shape index (κ1) is 23.4. The van der Waals surface area contributed by atoms with E-state index >= 15 is 0 Å². The average Bonchev–Trinajstić information content (AvgIpc) is 2.70. The standard InChI is InChI=1S/C25H30F2O/c1-7-9-22-14-16-23(17-15-22)13-11-18(3)10-12-19(4)20(5)24(26)25(27)21(6)28-8-2/h10,12,14-17H,3-9,11,13H2,1-2H3/b12-10-,25-24-. The molecule has 1 aromatic rings. The van der Waals surface area contributed by atoms with Gasteiger partial charge in [-0.1, -0.05) is 81.7 Å². The minimum atomic E-state index is -1.16. The molecule has 0 amide bonds. The van der Waals surface area contributed by atoms with E-state index in [1.54, 1.807) is 19.1 Å². The van der Waals surface area contributed by atoms with Crippen LogP contribution in [0, 0.1) is 0 Å². The van der Waals surface area contributed by atoms with Gasteiger partial charge in [0.2, 0.25) is 5.83 Å². The van der Waals surface area contributed by atoms with E-state index in [1.807, 2.05) is 0 Å². The normalized spacial score (nSPS) is 11.9. The van der Waals surface area contributed by atoms with Crippen molar-refractivity contribution in [3.63, 3.8) is 0 Å². The molecule has 0 spiro atoms. The van der Waals surface area contributed by atoms with Gasteiger partial charge in [0, 0.05) is 5.57 Å². The van der Waals surface area contributed by atoms with E-state index in [1.165, 1.54) is 11.1 Å². The summed E-state index contributed by atoms with van der Waals surface area (Å²) in [4.78, 5) is 0. The van der Waals surface area contributed by atoms with Gasteiger partial charge in [-0.3, -0.25) is 0 Å². The number of hydrogen-bond acceptors (Lipinski definition) is 1. The molecule has 0 aliphatic carbocycles. The maximum absolute atomic E-state index is 14.1. The minimum Gasteiger partial charge on any atom is -0.491 e. The lowest BCUT2D eigenvalue weighted by molar-refractivity contribution is 0.224. The fourth-order valence-corrected chi connectivity index (χ4v) is 2.50. The summed E-state index contributed by atoms with van der Waals surface area (Å²) in [7, 11) is 0. The molecule has 0 heterocycles. The maximum atomic E-state index is 14.1. The SMILES string of the molecule is C=C(/C=C\C(=C)C(=C)/C(F)=C(/F)C(=C)OCC)CCc1ccc(CCC)cc1. The Morgan fingerprint density at radius 3 is 2.00 bits per heavy atom. The van der Waals surface area contributed by atoms with Crippen LogP contribution in [0.3, 0.4) is 0 Å². The molecular formula is C25H30F2O. The second-order valence-corrected chi connectivity index (χ2v) is 6.55. The molecule has 1 aromatic carbocycles. The summed E-state index contributed by atoms with van der Waals surface area (Å²) >= 11 is 0. The molecule has 0 atom stereocenters. The lowest BCUT2D eigenvalue weighted by atomic mass is 10.0. The van der Waals surface area contributed by atoms with E-state index in [4.69, 9.17) is 4.74 Å². The molecule has 0 N–H and O–H groups in total. The minimum absolute atomic E-state index is 0.145. The van der Waals surface area contributed by atoms with E-state index < -0.39 is 11.7 Å². The van der Waals surface area contributed by atoms with Crippen LogP contribution in [0.4, 0.5) is 8.78 Å². The summed E-state index contributed by atoms with van der Waals surface area (Å²) in [6.07, 6.45) is 7.19. The predicted molar refractivity (Wildman–Crippen MR) is 115 cm³/mol. The van der Waals surface area contributed by atoms with Crippen molar-refractivity contribution in [2.24, 2.45) is 0 Å². The van der Waals surface area contributed by atoms with Gasteiger partial charge in [0.1, 0.15) is 0 Å². The van der Waals surface area contributed by atoms with Crippen molar-refractivity contribution >= 4 is 0 Å². The molecule has 0 saturated carbocycles. The van der Waals surface area contributed by atoms with Crippen LogP contribution in [0.5, 0.6) is 0 Å². The molecule has 0 aliphatic heterocycles.